The molecule has 1 aliphatic rings. The van der Waals surface area contributed by atoms with E-state index in [0.29, 0.717) is 22.9 Å². The topological polar surface area (TPSA) is 38.4 Å². The molecule has 0 spiro atoms. The molecular weight excluding hydrogens is 251 g/mol. The van der Waals surface area contributed by atoms with Crippen molar-refractivity contribution in [3.63, 3.8) is 0 Å². The molecule has 5 heteroatoms. The van der Waals surface area contributed by atoms with Crippen molar-refractivity contribution in [3.05, 3.63) is 55.8 Å². The molecule has 0 bridgehead atoms. The number of benzene rings is 1. The average Bonchev–Trinajstić information content (AvgIpc) is 2.73. The molecule has 0 amide bonds. The summed E-state index contributed by atoms with van der Waals surface area (Å²) < 4.78 is 14.1. The lowest BCUT2D eigenvalue weighted by atomic mass is 10.2. The third-order valence-corrected chi connectivity index (χ3v) is 4.18. The maximum Gasteiger partial charge on any atom is 0.242 e. The van der Waals surface area contributed by atoms with E-state index in [-0.39, 0.29) is 5.82 Å². The van der Waals surface area contributed by atoms with Gasteiger partial charge in [0.1, 0.15) is 11.2 Å². The molecule has 1 aliphatic heterocycles. The molecule has 0 aliphatic carbocycles. The largest absolute Gasteiger partial charge is 0.618 e. The first-order valence-electron chi connectivity index (χ1n) is 5.74. The minimum atomic E-state index is -0.369. The summed E-state index contributed by atoms with van der Waals surface area (Å²) in [4.78, 5) is 5.36. The summed E-state index contributed by atoms with van der Waals surface area (Å²) in [7, 11) is 0. The van der Waals surface area contributed by atoms with Crippen molar-refractivity contribution in [2.45, 2.75) is 19.9 Å². The first-order valence-corrected chi connectivity index (χ1v) is 6.62. The van der Waals surface area contributed by atoms with Crippen LogP contribution in [0.2, 0.25) is 0 Å². The van der Waals surface area contributed by atoms with Crippen LogP contribution in [0, 0.1) is 11.0 Å². The van der Waals surface area contributed by atoms with Crippen molar-refractivity contribution in [2.75, 3.05) is 0 Å². The van der Waals surface area contributed by atoms with Crippen LogP contribution in [-0.4, -0.2) is 0 Å². The molecule has 92 valence electrons. The van der Waals surface area contributed by atoms with E-state index in [1.165, 1.54) is 18.2 Å². The van der Waals surface area contributed by atoms with Crippen LogP contribution in [0.4, 0.5) is 10.1 Å². The maximum atomic E-state index is 13.2. The summed E-state index contributed by atoms with van der Waals surface area (Å²) >= 11 is 1.58. The molecule has 0 radical (unpaired) electrons. The Morgan fingerprint density at radius 2 is 2.33 bits per heavy atom. The highest BCUT2D eigenvalue weighted by Gasteiger charge is 2.21. The van der Waals surface area contributed by atoms with Gasteiger partial charge in [-0.05, 0) is 12.5 Å². The number of nitrogens with zero attached hydrogens (tertiary/aromatic N) is 2. The summed E-state index contributed by atoms with van der Waals surface area (Å²) in [5, 5.41) is 15.2. The third-order valence-electron chi connectivity index (χ3n) is 3.01. The molecule has 0 fully saturated rings. The van der Waals surface area contributed by atoms with Crippen LogP contribution in [-0.2, 0) is 13.0 Å². The molecule has 0 unspecified atom stereocenters. The normalized spacial score (nSPS) is 13.6. The number of rotatable bonds is 1. The molecule has 3 rings (SSSR count). The second-order valence-electron chi connectivity index (χ2n) is 4.13. The van der Waals surface area contributed by atoms with Crippen LogP contribution in [0.15, 0.2) is 28.6 Å². The Bertz CT molecular complexity index is 736. The van der Waals surface area contributed by atoms with Gasteiger partial charge in [-0.15, -0.1) is 11.3 Å². The van der Waals surface area contributed by atoms with Crippen LogP contribution >= 0.6 is 11.3 Å². The second kappa shape index (κ2) is 4.17. The minimum Gasteiger partial charge on any atom is -0.618 e. The van der Waals surface area contributed by atoms with Gasteiger partial charge >= 0.3 is 0 Å². The molecule has 1 aromatic carbocycles. The van der Waals surface area contributed by atoms with E-state index in [4.69, 9.17) is 0 Å². The number of thiophene rings is 1. The lowest BCUT2D eigenvalue weighted by Gasteiger charge is -2.03. The van der Waals surface area contributed by atoms with Crippen LogP contribution in [0.3, 0.4) is 0 Å². The SMILES string of the molecule is CCc1scc2c1[N+]([O-])=c1ccc(F)cc1=NC2. The molecule has 0 saturated carbocycles. The molecule has 0 atom stereocenters. The predicted molar refractivity (Wildman–Crippen MR) is 68.8 cm³/mol. The standard InChI is InChI=1S/C13H11FN2OS/c1-2-12-13-8(7-18-12)6-15-10-5-9(14)3-4-11(10)16(13)17/h3-5,7H,2,6H2,1H3. The van der Waals surface area contributed by atoms with Gasteiger partial charge in [0.25, 0.3) is 0 Å². The zero-order chi connectivity index (χ0) is 12.7. The number of hydrogen-bond donors (Lipinski definition) is 0. The van der Waals surface area contributed by atoms with E-state index in [0.717, 1.165) is 21.6 Å². The average molecular weight is 262 g/mol. The second-order valence-corrected chi connectivity index (χ2v) is 5.09. The van der Waals surface area contributed by atoms with Gasteiger partial charge in [-0.3, -0.25) is 4.99 Å². The van der Waals surface area contributed by atoms with Crippen LogP contribution in [0.5, 0.6) is 0 Å². The highest BCUT2D eigenvalue weighted by Crippen LogP contribution is 2.30. The number of fused-ring (bicyclic) bond motifs is 2. The van der Waals surface area contributed by atoms with Gasteiger partial charge in [0.15, 0.2) is 0 Å². The van der Waals surface area contributed by atoms with E-state index >= 15 is 0 Å². The lowest BCUT2D eigenvalue weighted by molar-refractivity contribution is 0.623. The fourth-order valence-corrected chi connectivity index (χ4v) is 3.09. The maximum absolute atomic E-state index is 13.2. The smallest absolute Gasteiger partial charge is 0.242 e. The lowest BCUT2D eigenvalue weighted by Crippen LogP contribution is -2.34. The Hall–Kier alpha value is -1.75. The van der Waals surface area contributed by atoms with E-state index < -0.39 is 0 Å². The van der Waals surface area contributed by atoms with Gasteiger partial charge in [0, 0.05) is 17.5 Å². The van der Waals surface area contributed by atoms with Crippen molar-refractivity contribution in [1.29, 1.82) is 0 Å². The van der Waals surface area contributed by atoms with E-state index in [2.05, 4.69) is 4.99 Å². The van der Waals surface area contributed by atoms with Gasteiger partial charge in [-0.1, -0.05) is 6.92 Å². The van der Waals surface area contributed by atoms with Gasteiger partial charge in [-0.2, -0.15) is 4.74 Å². The van der Waals surface area contributed by atoms with Crippen LogP contribution < -0.4 is 15.5 Å². The summed E-state index contributed by atoms with van der Waals surface area (Å²) in [6.45, 7) is 2.45. The van der Waals surface area contributed by atoms with Crippen LogP contribution in [0.1, 0.15) is 17.4 Å². The van der Waals surface area contributed by atoms with Gasteiger partial charge < -0.3 is 5.21 Å². The molecule has 3 nitrogen and oxygen atoms in total. The highest BCUT2D eigenvalue weighted by atomic mass is 32.1. The van der Waals surface area contributed by atoms with Crippen molar-refractivity contribution in [2.24, 2.45) is 4.99 Å². The Kier molecular flexibility index (Phi) is 2.63. The molecular formula is C13H11FN2OS. The van der Waals surface area contributed by atoms with Gasteiger partial charge in [0.2, 0.25) is 11.0 Å². The molecule has 0 saturated heterocycles. The molecule has 18 heavy (non-hydrogen) atoms. The summed E-state index contributed by atoms with van der Waals surface area (Å²) in [6, 6.07) is 4.09. The summed E-state index contributed by atoms with van der Waals surface area (Å²) in [5.74, 6) is -0.369. The summed E-state index contributed by atoms with van der Waals surface area (Å²) in [6.07, 6.45) is 0.815. The Morgan fingerprint density at radius 1 is 1.50 bits per heavy atom. The Balaban J connectivity index is 2.39. The van der Waals surface area contributed by atoms with Gasteiger partial charge in [-0.25, -0.2) is 4.39 Å². The fraction of sp³-hybridized carbons (Fsp3) is 0.231. The molecule has 2 heterocycles. The molecule has 2 aromatic rings. The van der Waals surface area contributed by atoms with E-state index in [9.17, 15) is 9.60 Å². The van der Waals surface area contributed by atoms with Gasteiger partial charge in [0.05, 0.1) is 17.0 Å². The van der Waals surface area contributed by atoms with E-state index in [1.807, 2.05) is 12.3 Å². The number of halogens is 1. The van der Waals surface area contributed by atoms with E-state index in [1.54, 1.807) is 11.3 Å². The quantitative estimate of drug-likeness (QED) is 0.571. The van der Waals surface area contributed by atoms with Crippen molar-refractivity contribution in [1.82, 2.24) is 4.74 Å². The van der Waals surface area contributed by atoms with Crippen LogP contribution in [0.25, 0.3) is 0 Å². The first kappa shape index (κ1) is 11.3. The zero-order valence-corrected chi connectivity index (χ0v) is 10.6. The zero-order valence-electron chi connectivity index (χ0n) is 9.81. The monoisotopic (exact) mass is 262 g/mol. The number of aryl methyl sites for hydroxylation is 1. The van der Waals surface area contributed by atoms with Crippen molar-refractivity contribution < 1.29 is 4.39 Å². The molecule has 0 N–H and O–H groups in total. The predicted octanol–water partition coefficient (Wildman–Crippen LogP) is 1.90. The third kappa shape index (κ3) is 1.62. The Morgan fingerprint density at radius 3 is 3.11 bits per heavy atom. The number of hydrogen-bond acceptors (Lipinski definition) is 3. The first-order chi connectivity index (χ1) is 8.70. The molecule has 1 aromatic heterocycles. The van der Waals surface area contributed by atoms with Crippen molar-refractivity contribution in [3.8, 4) is 0 Å². The summed E-state index contributed by atoms with van der Waals surface area (Å²) in [5.41, 5.74) is 1.61. The van der Waals surface area contributed by atoms with Crippen molar-refractivity contribution >= 4 is 17.0 Å². The minimum absolute atomic E-state index is 0.369. The Labute approximate surface area is 107 Å². The fourth-order valence-electron chi connectivity index (χ4n) is 2.13. The highest BCUT2D eigenvalue weighted by molar-refractivity contribution is 7.10.